The Hall–Kier alpha value is -3.07. The summed E-state index contributed by atoms with van der Waals surface area (Å²) >= 11 is 0. The minimum Gasteiger partial charge on any atom is -0.251 e. The van der Waals surface area contributed by atoms with Crippen molar-refractivity contribution in [1.82, 2.24) is 4.98 Å². The number of pyridine rings is 1. The van der Waals surface area contributed by atoms with Crippen molar-refractivity contribution in [3.63, 3.8) is 0 Å². The molecule has 3 aromatic rings. The van der Waals surface area contributed by atoms with Gasteiger partial charge in [-0.15, -0.1) is 0 Å². The van der Waals surface area contributed by atoms with Crippen molar-refractivity contribution < 1.29 is 0 Å². The summed E-state index contributed by atoms with van der Waals surface area (Å²) in [5, 5.41) is 0. The maximum absolute atomic E-state index is 5.38. The van der Waals surface area contributed by atoms with E-state index in [2.05, 4.69) is 124 Å². The number of aromatic nitrogens is 1. The molecule has 0 atom stereocenters. The molecule has 0 bridgehead atoms. The van der Waals surface area contributed by atoms with E-state index in [1.165, 1.54) is 33.6 Å². The van der Waals surface area contributed by atoms with Crippen molar-refractivity contribution in [2.75, 3.05) is 0 Å². The molecular weight excluding hydrogens is 534 g/mol. The third-order valence-corrected chi connectivity index (χ3v) is 9.95. The van der Waals surface area contributed by atoms with Crippen molar-refractivity contribution in [2.45, 2.75) is 144 Å². The van der Waals surface area contributed by atoms with Crippen LogP contribution in [0, 0.1) is 0 Å². The molecule has 0 N–H and O–H groups in total. The van der Waals surface area contributed by atoms with E-state index in [9.17, 15) is 0 Å². The molecule has 0 saturated carbocycles. The average molecular weight is 594 g/mol. The molecule has 0 aliphatic heterocycles. The molecule has 0 spiro atoms. The molecule has 2 aromatic carbocycles. The lowest BCUT2D eigenvalue weighted by molar-refractivity contribution is 0.625. The SMILES string of the molecule is CCC(CC)c1cccc(C(CC)CC)c1N=C(C)c1cccc(C(C)=Nc2c(C(CC)CC)cccc2C(CC)CC)n1. The van der Waals surface area contributed by atoms with Crippen LogP contribution in [0.15, 0.2) is 64.6 Å². The molecule has 0 unspecified atom stereocenters. The Morgan fingerprint density at radius 3 is 0.955 bits per heavy atom. The monoisotopic (exact) mass is 593 g/mol. The quantitative estimate of drug-likeness (QED) is 0.152. The van der Waals surface area contributed by atoms with Crippen LogP contribution in [0.25, 0.3) is 0 Å². The molecule has 0 fully saturated rings. The Morgan fingerprint density at radius 1 is 0.455 bits per heavy atom. The van der Waals surface area contributed by atoms with Gasteiger partial charge in [0, 0.05) is 0 Å². The Bertz CT molecular complexity index is 1220. The number of benzene rings is 2. The molecule has 1 heterocycles. The number of nitrogens with zero attached hydrogens (tertiary/aromatic N) is 3. The summed E-state index contributed by atoms with van der Waals surface area (Å²) in [6, 6.07) is 20.0. The summed E-state index contributed by atoms with van der Waals surface area (Å²) in [5.41, 5.74) is 11.6. The van der Waals surface area contributed by atoms with Gasteiger partial charge in [-0.25, -0.2) is 4.98 Å². The summed E-state index contributed by atoms with van der Waals surface area (Å²) in [5.74, 6) is 2.01. The maximum atomic E-state index is 5.38. The second kappa shape index (κ2) is 17.4. The first-order valence-electron chi connectivity index (χ1n) is 17.7. The highest BCUT2D eigenvalue weighted by Gasteiger charge is 2.21. The van der Waals surface area contributed by atoms with Gasteiger partial charge in [-0.05, 0) is 123 Å². The third kappa shape index (κ3) is 8.14. The molecule has 3 nitrogen and oxygen atoms in total. The second-order valence-electron chi connectivity index (χ2n) is 12.4. The van der Waals surface area contributed by atoms with Crippen molar-refractivity contribution >= 4 is 22.8 Å². The summed E-state index contributed by atoms with van der Waals surface area (Å²) in [6.45, 7) is 22.6. The number of para-hydroxylation sites is 2. The van der Waals surface area contributed by atoms with Crippen LogP contribution < -0.4 is 0 Å². The lowest BCUT2D eigenvalue weighted by atomic mass is 9.85. The highest BCUT2D eigenvalue weighted by atomic mass is 14.8. The van der Waals surface area contributed by atoms with Gasteiger partial charge in [0.05, 0.1) is 34.2 Å². The third-order valence-electron chi connectivity index (χ3n) is 9.95. The standard InChI is InChI=1S/C41H59N3/c1-11-30(12-2)34-22-19-23-35(31(13-3)14-4)40(34)42-28(9)38-26-21-27-39(44-38)29(10)43-41-36(32(15-5)16-6)24-20-25-37(41)33(17-7)18-8/h19-27,30-33H,11-18H2,1-10H3. The van der Waals surface area contributed by atoms with Crippen LogP contribution in [0.1, 0.15) is 178 Å². The number of rotatable bonds is 16. The van der Waals surface area contributed by atoms with E-state index in [0.29, 0.717) is 23.7 Å². The predicted molar refractivity (Wildman–Crippen MR) is 194 cm³/mol. The first-order chi connectivity index (χ1) is 21.3. The van der Waals surface area contributed by atoms with Crippen LogP contribution in [0.5, 0.6) is 0 Å². The zero-order valence-corrected chi connectivity index (χ0v) is 29.5. The lowest BCUT2D eigenvalue weighted by Gasteiger charge is -2.23. The fraction of sp³-hybridized carbons (Fsp3) is 0.537. The molecule has 1 aromatic heterocycles. The van der Waals surface area contributed by atoms with Gasteiger partial charge >= 0.3 is 0 Å². The Balaban J connectivity index is 2.16. The van der Waals surface area contributed by atoms with Gasteiger partial charge in [0.25, 0.3) is 0 Å². The fourth-order valence-corrected chi connectivity index (χ4v) is 6.94. The van der Waals surface area contributed by atoms with E-state index >= 15 is 0 Å². The van der Waals surface area contributed by atoms with E-state index < -0.39 is 0 Å². The lowest BCUT2D eigenvalue weighted by Crippen LogP contribution is -2.08. The van der Waals surface area contributed by atoms with E-state index in [4.69, 9.17) is 15.0 Å². The zero-order chi connectivity index (χ0) is 32.2. The average Bonchev–Trinajstić information content (AvgIpc) is 3.05. The first-order valence-corrected chi connectivity index (χ1v) is 17.7. The van der Waals surface area contributed by atoms with E-state index in [-0.39, 0.29) is 0 Å². The van der Waals surface area contributed by atoms with Crippen molar-refractivity contribution in [3.8, 4) is 0 Å². The molecular formula is C41H59N3. The predicted octanol–water partition coefficient (Wildman–Crippen LogP) is 13.0. The van der Waals surface area contributed by atoms with Gasteiger partial charge in [0.2, 0.25) is 0 Å². The van der Waals surface area contributed by atoms with Crippen LogP contribution >= 0.6 is 0 Å². The topological polar surface area (TPSA) is 37.6 Å². The summed E-state index contributed by atoms with van der Waals surface area (Å²) in [7, 11) is 0. The molecule has 0 amide bonds. The molecule has 0 aliphatic rings. The largest absolute Gasteiger partial charge is 0.251 e. The Labute approximate surface area is 269 Å². The fourth-order valence-electron chi connectivity index (χ4n) is 6.94. The number of aliphatic imine (C=N–C) groups is 2. The summed E-state index contributed by atoms with van der Waals surface area (Å²) in [4.78, 5) is 15.9. The van der Waals surface area contributed by atoms with Gasteiger partial charge in [-0.3, -0.25) is 9.98 Å². The van der Waals surface area contributed by atoms with E-state index in [1.54, 1.807) is 0 Å². The summed E-state index contributed by atoms with van der Waals surface area (Å²) in [6.07, 6.45) is 8.93. The Morgan fingerprint density at radius 2 is 0.705 bits per heavy atom. The van der Waals surface area contributed by atoms with Crippen LogP contribution in [0.4, 0.5) is 11.4 Å². The highest BCUT2D eigenvalue weighted by Crippen LogP contribution is 2.41. The molecule has 0 radical (unpaired) electrons. The molecule has 3 rings (SSSR count). The van der Waals surface area contributed by atoms with Gasteiger partial charge in [-0.2, -0.15) is 0 Å². The van der Waals surface area contributed by atoms with Crippen molar-refractivity contribution in [2.24, 2.45) is 9.98 Å². The number of hydrogen-bond acceptors (Lipinski definition) is 3. The highest BCUT2D eigenvalue weighted by molar-refractivity contribution is 6.02. The molecule has 0 aliphatic carbocycles. The van der Waals surface area contributed by atoms with E-state index in [0.717, 1.165) is 74.2 Å². The van der Waals surface area contributed by atoms with E-state index in [1.807, 2.05) is 0 Å². The van der Waals surface area contributed by atoms with Crippen LogP contribution in [0.2, 0.25) is 0 Å². The maximum Gasteiger partial charge on any atom is 0.0849 e. The number of hydrogen-bond donors (Lipinski definition) is 0. The normalized spacial score (nSPS) is 12.8. The van der Waals surface area contributed by atoms with Crippen LogP contribution in [0.3, 0.4) is 0 Å². The minimum absolute atomic E-state index is 0.504. The van der Waals surface area contributed by atoms with Gasteiger partial charge in [0.1, 0.15) is 0 Å². The van der Waals surface area contributed by atoms with Gasteiger partial charge in [-0.1, -0.05) is 97.9 Å². The minimum atomic E-state index is 0.504. The molecule has 0 saturated heterocycles. The van der Waals surface area contributed by atoms with Crippen molar-refractivity contribution in [3.05, 3.63) is 88.2 Å². The first kappa shape index (κ1) is 35.4. The molecule has 238 valence electrons. The van der Waals surface area contributed by atoms with Crippen LogP contribution in [-0.2, 0) is 0 Å². The summed E-state index contributed by atoms with van der Waals surface area (Å²) < 4.78 is 0. The van der Waals surface area contributed by atoms with Crippen LogP contribution in [-0.4, -0.2) is 16.4 Å². The smallest absolute Gasteiger partial charge is 0.0849 e. The zero-order valence-electron chi connectivity index (χ0n) is 29.5. The van der Waals surface area contributed by atoms with Gasteiger partial charge < -0.3 is 0 Å². The Kier molecular flexibility index (Phi) is 14.0. The van der Waals surface area contributed by atoms with Gasteiger partial charge in [0.15, 0.2) is 0 Å². The second-order valence-corrected chi connectivity index (χ2v) is 12.4. The molecule has 44 heavy (non-hydrogen) atoms. The molecule has 3 heteroatoms. The van der Waals surface area contributed by atoms with Crippen molar-refractivity contribution in [1.29, 1.82) is 0 Å².